The predicted octanol–water partition coefficient (Wildman–Crippen LogP) is 1.10. The molecule has 5 nitrogen and oxygen atoms in total. The van der Waals surface area contributed by atoms with Gasteiger partial charge in [-0.05, 0) is 12.8 Å². The predicted molar refractivity (Wildman–Crippen MR) is 57.7 cm³/mol. The van der Waals surface area contributed by atoms with Gasteiger partial charge in [0.2, 0.25) is 0 Å². The van der Waals surface area contributed by atoms with Crippen LogP contribution >= 0.6 is 0 Å². The number of carbonyl (C=O) groups is 2. The van der Waals surface area contributed by atoms with E-state index in [0.717, 1.165) is 0 Å². The monoisotopic (exact) mass is 216 g/mol. The Morgan fingerprint density at radius 1 is 1.33 bits per heavy atom. The van der Waals surface area contributed by atoms with Gasteiger partial charge >= 0.3 is 12.0 Å². The summed E-state index contributed by atoms with van der Waals surface area (Å²) in [4.78, 5) is 25.0. The molecule has 0 saturated heterocycles. The van der Waals surface area contributed by atoms with Crippen molar-refractivity contribution < 1.29 is 14.7 Å². The summed E-state index contributed by atoms with van der Waals surface area (Å²) in [7, 11) is 1.50. The Balaban J connectivity index is 4.30. The molecule has 0 aliphatic rings. The van der Waals surface area contributed by atoms with Gasteiger partial charge in [0.1, 0.15) is 6.54 Å². The van der Waals surface area contributed by atoms with Gasteiger partial charge in [-0.25, -0.2) is 4.79 Å². The highest BCUT2D eigenvalue weighted by atomic mass is 16.4. The van der Waals surface area contributed by atoms with E-state index in [9.17, 15) is 9.59 Å². The van der Waals surface area contributed by atoms with Crippen LogP contribution in [0, 0.1) is 5.92 Å². The summed E-state index contributed by atoms with van der Waals surface area (Å²) in [5.41, 5.74) is 0. The lowest BCUT2D eigenvalue weighted by Crippen LogP contribution is -2.44. The quantitative estimate of drug-likeness (QED) is 0.748. The van der Waals surface area contributed by atoms with Gasteiger partial charge < -0.3 is 14.9 Å². The van der Waals surface area contributed by atoms with Crippen LogP contribution in [-0.4, -0.2) is 53.6 Å². The van der Waals surface area contributed by atoms with Crippen molar-refractivity contribution in [2.24, 2.45) is 5.92 Å². The van der Waals surface area contributed by atoms with Crippen LogP contribution in [-0.2, 0) is 4.79 Å². The van der Waals surface area contributed by atoms with Gasteiger partial charge in [-0.15, -0.1) is 0 Å². The molecule has 0 aromatic carbocycles. The minimum atomic E-state index is -0.994. The molecule has 88 valence electrons. The smallest absolute Gasteiger partial charge is 0.323 e. The molecule has 0 aromatic rings. The number of urea groups is 1. The minimum absolute atomic E-state index is 0.228. The van der Waals surface area contributed by atoms with E-state index < -0.39 is 5.97 Å². The van der Waals surface area contributed by atoms with E-state index >= 15 is 0 Å². The highest BCUT2D eigenvalue weighted by molar-refractivity contribution is 5.79. The number of carboxylic acid groups (broad SMARTS) is 1. The zero-order valence-corrected chi connectivity index (χ0v) is 9.86. The van der Waals surface area contributed by atoms with E-state index in [-0.39, 0.29) is 12.6 Å². The highest BCUT2D eigenvalue weighted by Gasteiger charge is 2.18. The number of amides is 2. The molecule has 0 atom stereocenters. The molecule has 15 heavy (non-hydrogen) atoms. The highest BCUT2D eigenvalue weighted by Crippen LogP contribution is 2.02. The second kappa shape index (κ2) is 6.27. The van der Waals surface area contributed by atoms with Gasteiger partial charge in [-0.1, -0.05) is 13.8 Å². The average Bonchev–Trinajstić information content (AvgIpc) is 2.11. The Hall–Kier alpha value is -1.26. The number of aliphatic carboxylic acids is 1. The molecule has 0 heterocycles. The summed E-state index contributed by atoms with van der Waals surface area (Å²) >= 11 is 0. The zero-order chi connectivity index (χ0) is 12.0. The molecule has 0 fully saturated rings. The van der Waals surface area contributed by atoms with Crippen molar-refractivity contribution in [1.29, 1.82) is 0 Å². The lowest BCUT2D eigenvalue weighted by Gasteiger charge is -2.27. The van der Waals surface area contributed by atoms with E-state index in [1.807, 2.05) is 20.8 Å². The number of nitrogens with zero attached hydrogens (tertiary/aromatic N) is 2. The van der Waals surface area contributed by atoms with Crippen molar-refractivity contribution in [3.05, 3.63) is 0 Å². The van der Waals surface area contributed by atoms with Gasteiger partial charge in [0, 0.05) is 20.1 Å². The van der Waals surface area contributed by atoms with Crippen molar-refractivity contribution in [2.45, 2.75) is 20.8 Å². The first-order valence-corrected chi connectivity index (χ1v) is 5.10. The first-order valence-electron chi connectivity index (χ1n) is 5.10. The van der Waals surface area contributed by atoms with Crippen molar-refractivity contribution in [2.75, 3.05) is 26.7 Å². The lowest BCUT2D eigenvalue weighted by molar-refractivity contribution is -0.137. The van der Waals surface area contributed by atoms with Crippen molar-refractivity contribution in [1.82, 2.24) is 9.80 Å². The van der Waals surface area contributed by atoms with E-state index in [4.69, 9.17) is 5.11 Å². The normalized spacial score (nSPS) is 10.2. The molecule has 0 radical (unpaired) electrons. The summed E-state index contributed by atoms with van der Waals surface area (Å²) in [6, 6.07) is -0.228. The molecular weight excluding hydrogens is 196 g/mol. The van der Waals surface area contributed by atoms with Crippen LogP contribution in [0.2, 0.25) is 0 Å². The molecule has 0 aromatic heterocycles. The molecule has 2 amide bonds. The maximum absolute atomic E-state index is 11.7. The summed E-state index contributed by atoms with van der Waals surface area (Å²) in [6.07, 6.45) is 0. The number of likely N-dealkylation sites (N-methyl/N-ethyl adjacent to an activating group) is 1. The average molecular weight is 216 g/mol. The largest absolute Gasteiger partial charge is 0.480 e. The number of hydrogen-bond acceptors (Lipinski definition) is 2. The summed E-state index contributed by atoms with van der Waals surface area (Å²) in [6.45, 7) is 6.92. The Bertz CT molecular complexity index is 229. The molecule has 1 N–H and O–H groups in total. The number of hydrogen-bond donors (Lipinski definition) is 1. The zero-order valence-electron chi connectivity index (χ0n) is 9.86. The van der Waals surface area contributed by atoms with Crippen LogP contribution in [0.3, 0.4) is 0 Å². The number of carboxylic acids is 1. The van der Waals surface area contributed by atoms with Crippen molar-refractivity contribution in [3.63, 3.8) is 0 Å². The molecular formula is C10H20N2O3. The van der Waals surface area contributed by atoms with Crippen LogP contribution < -0.4 is 0 Å². The third kappa shape index (κ3) is 5.24. The van der Waals surface area contributed by atoms with Crippen LogP contribution in [0.5, 0.6) is 0 Å². The van der Waals surface area contributed by atoms with Crippen LogP contribution in [0.1, 0.15) is 20.8 Å². The molecule has 0 bridgehead atoms. The third-order valence-electron chi connectivity index (χ3n) is 1.94. The fraction of sp³-hybridized carbons (Fsp3) is 0.800. The Morgan fingerprint density at radius 3 is 2.20 bits per heavy atom. The molecule has 0 rings (SSSR count). The number of rotatable bonds is 5. The standard InChI is InChI=1S/C10H20N2O3/c1-5-12(6-8(2)3)10(15)11(4)7-9(13)14/h8H,5-7H2,1-4H3,(H,13,14). The van der Waals surface area contributed by atoms with Gasteiger partial charge in [0.15, 0.2) is 0 Å². The van der Waals surface area contributed by atoms with E-state index in [1.54, 1.807) is 4.90 Å². The second-order valence-corrected chi connectivity index (χ2v) is 3.96. The Labute approximate surface area is 90.7 Å². The second-order valence-electron chi connectivity index (χ2n) is 3.96. The van der Waals surface area contributed by atoms with Crippen molar-refractivity contribution >= 4 is 12.0 Å². The summed E-state index contributed by atoms with van der Waals surface area (Å²) < 4.78 is 0. The Kier molecular flexibility index (Phi) is 5.74. The van der Waals surface area contributed by atoms with Gasteiger partial charge in [-0.3, -0.25) is 4.79 Å². The fourth-order valence-corrected chi connectivity index (χ4v) is 1.30. The Morgan fingerprint density at radius 2 is 1.87 bits per heavy atom. The molecule has 0 spiro atoms. The van der Waals surface area contributed by atoms with Crippen LogP contribution in [0.4, 0.5) is 4.79 Å². The maximum Gasteiger partial charge on any atom is 0.323 e. The molecule has 0 saturated carbocycles. The first-order chi connectivity index (χ1) is 6.88. The van der Waals surface area contributed by atoms with E-state index in [2.05, 4.69) is 0 Å². The number of carbonyl (C=O) groups excluding carboxylic acids is 1. The SMILES string of the molecule is CCN(CC(C)C)C(=O)N(C)CC(=O)O. The van der Waals surface area contributed by atoms with Crippen molar-refractivity contribution in [3.8, 4) is 0 Å². The summed E-state index contributed by atoms with van der Waals surface area (Å²) in [5.74, 6) is -0.612. The molecule has 0 unspecified atom stereocenters. The lowest BCUT2D eigenvalue weighted by atomic mass is 10.2. The molecule has 0 aliphatic heterocycles. The minimum Gasteiger partial charge on any atom is -0.480 e. The fourth-order valence-electron chi connectivity index (χ4n) is 1.30. The first kappa shape index (κ1) is 13.7. The van der Waals surface area contributed by atoms with Gasteiger partial charge in [0.05, 0.1) is 0 Å². The maximum atomic E-state index is 11.7. The molecule has 0 aliphatic carbocycles. The summed E-state index contributed by atoms with van der Waals surface area (Å²) in [5, 5.41) is 8.56. The topological polar surface area (TPSA) is 60.9 Å². The van der Waals surface area contributed by atoms with Gasteiger partial charge in [0.25, 0.3) is 0 Å². The molecule has 5 heteroatoms. The van der Waals surface area contributed by atoms with E-state index in [0.29, 0.717) is 19.0 Å². The van der Waals surface area contributed by atoms with Crippen LogP contribution in [0.25, 0.3) is 0 Å². The third-order valence-corrected chi connectivity index (χ3v) is 1.94. The van der Waals surface area contributed by atoms with E-state index in [1.165, 1.54) is 11.9 Å². The van der Waals surface area contributed by atoms with Gasteiger partial charge in [-0.2, -0.15) is 0 Å². The van der Waals surface area contributed by atoms with Crippen LogP contribution in [0.15, 0.2) is 0 Å².